The van der Waals surface area contributed by atoms with Crippen molar-refractivity contribution in [2.24, 2.45) is 0 Å². The molecular formula is C13H16F3NO3. The maximum absolute atomic E-state index is 12.9. The van der Waals surface area contributed by atoms with Crippen molar-refractivity contribution in [3.63, 3.8) is 0 Å². The van der Waals surface area contributed by atoms with Gasteiger partial charge in [0.25, 0.3) is 5.91 Å². The molecular weight excluding hydrogens is 275 g/mol. The lowest BCUT2D eigenvalue weighted by Crippen LogP contribution is -2.39. The van der Waals surface area contributed by atoms with E-state index >= 15 is 0 Å². The standard InChI is InChI=1S/C13H16F3NO3/c1-8-4-5-9(10(6-8)13(14,15)16)11(19)17-20-12(2,3)7-18/h4-6,18H,7H2,1-3H3,(H,17,19). The minimum absolute atomic E-state index is 0.394. The van der Waals surface area contributed by atoms with E-state index in [0.717, 1.165) is 12.1 Å². The van der Waals surface area contributed by atoms with Crippen LogP contribution in [0.4, 0.5) is 13.2 Å². The second kappa shape index (κ2) is 5.80. The van der Waals surface area contributed by atoms with Crippen molar-refractivity contribution < 1.29 is 27.9 Å². The Morgan fingerprint density at radius 3 is 2.45 bits per heavy atom. The van der Waals surface area contributed by atoms with Crippen molar-refractivity contribution in [2.75, 3.05) is 6.61 Å². The number of aryl methyl sites for hydroxylation is 1. The number of carbonyl (C=O) groups excluding carboxylic acids is 1. The van der Waals surface area contributed by atoms with Gasteiger partial charge in [-0.1, -0.05) is 11.6 Å². The van der Waals surface area contributed by atoms with E-state index in [0.29, 0.717) is 5.56 Å². The summed E-state index contributed by atoms with van der Waals surface area (Å²) in [4.78, 5) is 16.6. The molecule has 0 atom stereocenters. The Kier molecular flexibility index (Phi) is 4.77. The van der Waals surface area contributed by atoms with Crippen molar-refractivity contribution in [2.45, 2.75) is 32.5 Å². The van der Waals surface area contributed by atoms with Crippen LogP contribution in [0.5, 0.6) is 0 Å². The summed E-state index contributed by atoms with van der Waals surface area (Å²) in [5, 5.41) is 8.94. The van der Waals surface area contributed by atoms with E-state index in [1.165, 1.54) is 26.8 Å². The minimum atomic E-state index is -4.63. The van der Waals surface area contributed by atoms with E-state index in [9.17, 15) is 18.0 Å². The molecule has 1 aromatic rings. The zero-order chi connectivity index (χ0) is 15.6. The summed E-state index contributed by atoms with van der Waals surface area (Å²) in [6, 6.07) is 3.39. The molecule has 0 aliphatic heterocycles. The van der Waals surface area contributed by atoms with E-state index in [4.69, 9.17) is 9.94 Å². The lowest BCUT2D eigenvalue weighted by molar-refractivity contribution is -0.138. The van der Waals surface area contributed by atoms with Gasteiger partial charge >= 0.3 is 6.18 Å². The first-order chi connectivity index (χ1) is 9.07. The first kappa shape index (κ1) is 16.5. The van der Waals surface area contributed by atoms with Gasteiger partial charge in [0.15, 0.2) is 0 Å². The number of halogens is 3. The number of nitrogens with one attached hydrogen (secondary N) is 1. The molecule has 0 bridgehead atoms. The van der Waals surface area contributed by atoms with Crippen molar-refractivity contribution in [3.8, 4) is 0 Å². The Labute approximate surface area is 114 Å². The summed E-state index contributed by atoms with van der Waals surface area (Å²) in [5.74, 6) is -1.01. The number of aliphatic hydroxyl groups is 1. The molecule has 0 aliphatic rings. The maximum atomic E-state index is 12.9. The minimum Gasteiger partial charge on any atom is -0.393 e. The van der Waals surface area contributed by atoms with Crippen molar-refractivity contribution in [3.05, 3.63) is 34.9 Å². The highest BCUT2D eigenvalue weighted by Crippen LogP contribution is 2.32. The van der Waals surface area contributed by atoms with Gasteiger partial charge in [-0.15, -0.1) is 0 Å². The third-order valence-electron chi connectivity index (χ3n) is 2.53. The average molecular weight is 291 g/mol. The van der Waals surface area contributed by atoms with E-state index in [1.807, 2.05) is 5.48 Å². The Morgan fingerprint density at radius 1 is 1.35 bits per heavy atom. The van der Waals surface area contributed by atoms with Crippen LogP contribution >= 0.6 is 0 Å². The molecule has 0 heterocycles. The Bertz CT molecular complexity index is 498. The Morgan fingerprint density at radius 2 is 1.95 bits per heavy atom. The van der Waals surface area contributed by atoms with Gasteiger partial charge in [0.2, 0.25) is 0 Å². The first-order valence-electron chi connectivity index (χ1n) is 5.84. The van der Waals surface area contributed by atoms with E-state index in [-0.39, 0.29) is 0 Å². The molecule has 1 rings (SSSR count). The fourth-order valence-corrected chi connectivity index (χ4v) is 1.36. The summed E-state index contributed by atoms with van der Waals surface area (Å²) in [6.07, 6.45) is -4.63. The van der Waals surface area contributed by atoms with Gasteiger partial charge in [-0.25, -0.2) is 5.48 Å². The molecule has 0 unspecified atom stereocenters. The third-order valence-corrected chi connectivity index (χ3v) is 2.53. The van der Waals surface area contributed by atoms with Crippen LogP contribution in [-0.2, 0) is 11.0 Å². The van der Waals surface area contributed by atoms with Crippen LogP contribution in [0.2, 0.25) is 0 Å². The normalized spacial score (nSPS) is 12.3. The van der Waals surface area contributed by atoms with E-state index in [2.05, 4.69) is 0 Å². The molecule has 0 spiro atoms. The van der Waals surface area contributed by atoms with Crippen LogP contribution in [0, 0.1) is 6.92 Å². The first-order valence-corrected chi connectivity index (χ1v) is 5.84. The topological polar surface area (TPSA) is 58.6 Å². The van der Waals surface area contributed by atoms with Crippen LogP contribution < -0.4 is 5.48 Å². The summed E-state index contributed by atoms with van der Waals surface area (Å²) in [7, 11) is 0. The quantitative estimate of drug-likeness (QED) is 0.838. The monoisotopic (exact) mass is 291 g/mol. The summed E-state index contributed by atoms with van der Waals surface area (Å²) < 4.78 is 38.6. The van der Waals surface area contributed by atoms with Gasteiger partial charge in [-0.3, -0.25) is 9.63 Å². The van der Waals surface area contributed by atoms with Gasteiger partial charge in [0.1, 0.15) is 5.60 Å². The number of hydrogen-bond donors (Lipinski definition) is 2. The van der Waals surface area contributed by atoms with Gasteiger partial charge < -0.3 is 5.11 Å². The number of carbonyl (C=O) groups is 1. The second-order valence-electron chi connectivity index (χ2n) is 5.00. The van der Waals surface area contributed by atoms with Gasteiger partial charge in [0.05, 0.1) is 17.7 Å². The largest absolute Gasteiger partial charge is 0.417 e. The molecule has 7 heteroatoms. The number of alkyl halides is 3. The van der Waals surface area contributed by atoms with Crippen molar-refractivity contribution in [1.29, 1.82) is 0 Å². The fourth-order valence-electron chi connectivity index (χ4n) is 1.36. The Hall–Kier alpha value is -1.60. The number of hydrogen-bond acceptors (Lipinski definition) is 3. The lowest BCUT2D eigenvalue weighted by atomic mass is 10.0. The number of benzene rings is 1. The highest BCUT2D eigenvalue weighted by Gasteiger charge is 2.35. The molecule has 4 nitrogen and oxygen atoms in total. The zero-order valence-corrected chi connectivity index (χ0v) is 11.3. The second-order valence-corrected chi connectivity index (χ2v) is 5.00. The molecule has 0 radical (unpaired) electrons. The highest BCUT2D eigenvalue weighted by molar-refractivity contribution is 5.95. The predicted molar refractivity (Wildman–Crippen MR) is 65.9 cm³/mol. The van der Waals surface area contributed by atoms with Crippen LogP contribution in [0.1, 0.15) is 35.3 Å². The molecule has 0 saturated heterocycles. The summed E-state index contributed by atoms with van der Waals surface area (Å²) in [6.45, 7) is 4.07. The van der Waals surface area contributed by atoms with Crippen LogP contribution in [-0.4, -0.2) is 23.2 Å². The summed E-state index contributed by atoms with van der Waals surface area (Å²) in [5.41, 5.74) is -0.326. The predicted octanol–water partition coefficient (Wildman–Crippen LogP) is 2.45. The number of hydroxylamine groups is 1. The highest BCUT2D eigenvalue weighted by atomic mass is 19.4. The molecule has 2 N–H and O–H groups in total. The van der Waals surface area contributed by atoms with Crippen LogP contribution in [0.3, 0.4) is 0 Å². The van der Waals surface area contributed by atoms with Crippen LogP contribution in [0.15, 0.2) is 18.2 Å². The number of amides is 1. The SMILES string of the molecule is Cc1ccc(C(=O)NOC(C)(C)CO)c(C(F)(F)F)c1. The third kappa shape index (κ3) is 4.21. The van der Waals surface area contributed by atoms with Crippen molar-refractivity contribution in [1.82, 2.24) is 5.48 Å². The molecule has 1 amide bonds. The van der Waals surface area contributed by atoms with Gasteiger partial charge in [-0.2, -0.15) is 13.2 Å². The molecule has 0 aromatic heterocycles. The van der Waals surface area contributed by atoms with Gasteiger partial charge in [0, 0.05) is 0 Å². The fraction of sp³-hybridized carbons (Fsp3) is 0.462. The zero-order valence-electron chi connectivity index (χ0n) is 11.3. The van der Waals surface area contributed by atoms with E-state index < -0.39 is 35.4 Å². The van der Waals surface area contributed by atoms with Gasteiger partial charge in [-0.05, 0) is 32.9 Å². The maximum Gasteiger partial charge on any atom is 0.417 e. The molecule has 0 fully saturated rings. The average Bonchev–Trinajstić information content (AvgIpc) is 2.35. The van der Waals surface area contributed by atoms with Crippen molar-refractivity contribution >= 4 is 5.91 Å². The Balaban J connectivity index is 2.99. The van der Waals surface area contributed by atoms with Crippen LogP contribution in [0.25, 0.3) is 0 Å². The summed E-state index contributed by atoms with van der Waals surface area (Å²) >= 11 is 0. The smallest absolute Gasteiger partial charge is 0.393 e. The molecule has 0 aliphatic carbocycles. The number of aliphatic hydroxyl groups excluding tert-OH is 1. The molecule has 0 saturated carbocycles. The molecule has 20 heavy (non-hydrogen) atoms. The lowest BCUT2D eigenvalue weighted by Gasteiger charge is -2.22. The number of rotatable bonds is 4. The van der Waals surface area contributed by atoms with E-state index in [1.54, 1.807) is 0 Å². The molecule has 1 aromatic carbocycles. The molecule has 112 valence electrons.